The van der Waals surface area contributed by atoms with Gasteiger partial charge in [0, 0.05) is 29.8 Å². The predicted octanol–water partition coefficient (Wildman–Crippen LogP) is 3.24. The van der Waals surface area contributed by atoms with Crippen LogP contribution in [0.15, 0.2) is 58.1 Å². The molecular formula is C20H19N3O5S. The zero-order valence-electron chi connectivity index (χ0n) is 15.9. The van der Waals surface area contributed by atoms with E-state index in [1.807, 2.05) is 6.26 Å². The summed E-state index contributed by atoms with van der Waals surface area (Å²) in [4.78, 5) is 36.7. The number of nitrogens with zero attached hydrogens (tertiary/aromatic N) is 2. The smallest absolute Gasteiger partial charge is 0.374 e. The Morgan fingerprint density at radius 3 is 2.76 bits per heavy atom. The number of benzene rings is 1. The first-order valence-electron chi connectivity index (χ1n) is 8.68. The second kappa shape index (κ2) is 9.24. The average molecular weight is 413 g/mol. The van der Waals surface area contributed by atoms with Gasteiger partial charge in [-0.3, -0.25) is 14.3 Å². The van der Waals surface area contributed by atoms with Gasteiger partial charge in [-0.05, 0) is 36.6 Å². The number of aromatic nitrogens is 2. The van der Waals surface area contributed by atoms with E-state index in [1.165, 1.54) is 24.8 Å². The van der Waals surface area contributed by atoms with Crippen LogP contribution >= 0.6 is 11.8 Å². The van der Waals surface area contributed by atoms with Gasteiger partial charge in [-0.15, -0.1) is 11.8 Å². The van der Waals surface area contributed by atoms with E-state index in [2.05, 4.69) is 10.4 Å². The van der Waals surface area contributed by atoms with Gasteiger partial charge in [0.05, 0.1) is 12.2 Å². The number of anilines is 1. The molecule has 0 saturated heterocycles. The zero-order chi connectivity index (χ0) is 20.8. The molecule has 29 heavy (non-hydrogen) atoms. The van der Waals surface area contributed by atoms with E-state index in [0.29, 0.717) is 23.6 Å². The molecule has 0 aliphatic rings. The van der Waals surface area contributed by atoms with Crippen LogP contribution in [0.3, 0.4) is 0 Å². The van der Waals surface area contributed by atoms with Crippen molar-refractivity contribution in [1.29, 1.82) is 0 Å². The number of rotatable bonds is 8. The topological polar surface area (TPSA) is 103 Å². The van der Waals surface area contributed by atoms with E-state index >= 15 is 0 Å². The first-order chi connectivity index (χ1) is 14.0. The lowest BCUT2D eigenvalue weighted by atomic mass is 10.1. The average Bonchev–Trinajstić information content (AvgIpc) is 3.38. The fourth-order valence-corrected chi connectivity index (χ4v) is 3.11. The van der Waals surface area contributed by atoms with E-state index in [4.69, 9.17) is 9.15 Å². The molecule has 8 nitrogen and oxygen atoms in total. The summed E-state index contributed by atoms with van der Waals surface area (Å²) in [6, 6.07) is 9.86. The molecule has 1 aromatic carbocycles. The van der Waals surface area contributed by atoms with Gasteiger partial charge in [0.15, 0.2) is 12.4 Å². The minimum atomic E-state index is -0.729. The van der Waals surface area contributed by atoms with Gasteiger partial charge in [-0.2, -0.15) is 5.10 Å². The van der Waals surface area contributed by atoms with E-state index in [9.17, 15) is 14.4 Å². The molecule has 0 atom stereocenters. The van der Waals surface area contributed by atoms with Crippen LogP contribution in [0.1, 0.15) is 33.6 Å². The summed E-state index contributed by atoms with van der Waals surface area (Å²) < 4.78 is 12.2. The monoisotopic (exact) mass is 413 g/mol. The van der Waals surface area contributed by atoms with Crippen molar-refractivity contribution in [1.82, 2.24) is 9.78 Å². The van der Waals surface area contributed by atoms with Gasteiger partial charge in [0.1, 0.15) is 5.76 Å². The van der Waals surface area contributed by atoms with Crippen LogP contribution in [-0.2, 0) is 16.1 Å². The molecular weight excluding hydrogens is 394 g/mol. The number of ketones is 1. The van der Waals surface area contributed by atoms with Crippen LogP contribution in [0.2, 0.25) is 0 Å². The van der Waals surface area contributed by atoms with Gasteiger partial charge in [-0.1, -0.05) is 6.07 Å². The van der Waals surface area contributed by atoms with Crippen LogP contribution in [0, 0.1) is 0 Å². The summed E-state index contributed by atoms with van der Waals surface area (Å²) in [5.41, 5.74) is 0.870. The van der Waals surface area contributed by atoms with Crippen molar-refractivity contribution < 1.29 is 23.5 Å². The van der Waals surface area contributed by atoms with Gasteiger partial charge in [0.25, 0.3) is 0 Å². The molecule has 3 aromatic rings. The van der Waals surface area contributed by atoms with Crippen molar-refractivity contribution >= 4 is 35.1 Å². The molecule has 0 bridgehead atoms. The number of hydrogen-bond acceptors (Lipinski definition) is 7. The molecule has 0 unspecified atom stereocenters. The second-order valence-corrected chi connectivity index (χ2v) is 6.91. The number of nitrogens with one attached hydrogen (secondary N) is 1. The number of hydrogen-bond donors (Lipinski definition) is 1. The first kappa shape index (κ1) is 20.4. The summed E-state index contributed by atoms with van der Waals surface area (Å²) in [5, 5.41) is 6.75. The van der Waals surface area contributed by atoms with E-state index in [1.54, 1.807) is 47.4 Å². The summed E-state index contributed by atoms with van der Waals surface area (Å²) in [6.45, 7) is 1.34. The Morgan fingerprint density at radius 1 is 1.24 bits per heavy atom. The van der Waals surface area contributed by atoms with Crippen molar-refractivity contribution in [3.8, 4) is 0 Å². The maximum atomic E-state index is 12.4. The fraction of sp³-hybridized carbons (Fsp3) is 0.200. The molecule has 0 radical (unpaired) electrons. The molecule has 0 aliphatic carbocycles. The molecule has 0 saturated carbocycles. The Bertz CT molecular complexity index is 1030. The summed E-state index contributed by atoms with van der Waals surface area (Å²) in [5.74, 6) is -0.801. The number of amides is 1. The second-order valence-electron chi connectivity index (χ2n) is 6.07. The van der Waals surface area contributed by atoms with Gasteiger partial charge < -0.3 is 14.5 Å². The summed E-state index contributed by atoms with van der Waals surface area (Å²) in [6.07, 6.45) is 5.29. The number of furan rings is 1. The van der Waals surface area contributed by atoms with Crippen molar-refractivity contribution in [2.75, 3.05) is 18.2 Å². The molecule has 9 heteroatoms. The highest BCUT2D eigenvalue weighted by molar-refractivity contribution is 7.98. The number of carbonyl (C=O) groups is 3. The zero-order valence-corrected chi connectivity index (χ0v) is 16.7. The molecule has 3 rings (SSSR count). The lowest BCUT2D eigenvalue weighted by Crippen LogP contribution is -2.15. The molecule has 150 valence electrons. The number of ether oxygens (including phenoxy) is 1. The third kappa shape index (κ3) is 5.35. The summed E-state index contributed by atoms with van der Waals surface area (Å²) in [7, 11) is 0. The minimum Gasteiger partial charge on any atom is -0.452 e. The van der Waals surface area contributed by atoms with Crippen molar-refractivity contribution in [3.63, 3.8) is 0 Å². The number of thioether (sulfide) groups is 1. The Kier molecular flexibility index (Phi) is 6.50. The minimum absolute atomic E-state index is 0.0108. The van der Waals surface area contributed by atoms with E-state index < -0.39 is 12.6 Å². The number of Topliss-reactive ketones (excluding diaryl/α,β-unsaturated/α-hetero) is 1. The normalized spacial score (nSPS) is 10.6. The van der Waals surface area contributed by atoms with Crippen LogP contribution < -0.4 is 5.32 Å². The van der Waals surface area contributed by atoms with Gasteiger partial charge >= 0.3 is 5.97 Å². The Hall–Kier alpha value is -3.33. The van der Waals surface area contributed by atoms with Crippen molar-refractivity contribution in [2.45, 2.75) is 18.4 Å². The highest BCUT2D eigenvalue weighted by Crippen LogP contribution is 2.26. The number of carbonyl (C=O) groups excluding carboxylic acids is 3. The Balaban J connectivity index is 1.61. The highest BCUT2D eigenvalue weighted by atomic mass is 32.2. The maximum absolute atomic E-state index is 12.4. The lowest BCUT2D eigenvalue weighted by Gasteiger charge is -2.10. The van der Waals surface area contributed by atoms with Crippen molar-refractivity contribution in [3.05, 3.63) is 65.9 Å². The Morgan fingerprint density at radius 2 is 2.07 bits per heavy atom. The third-order valence-electron chi connectivity index (χ3n) is 3.91. The van der Waals surface area contributed by atoms with Crippen LogP contribution in [-0.4, -0.2) is 40.3 Å². The maximum Gasteiger partial charge on any atom is 0.374 e. The SMILES string of the molecule is CSc1ccc(C(=O)COC(=O)c2ccc(Cn3cccn3)o2)cc1NC(C)=O. The predicted molar refractivity (Wildman–Crippen MR) is 107 cm³/mol. The molecule has 0 fully saturated rings. The molecule has 0 spiro atoms. The van der Waals surface area contributed by atoms with Gasteiger partial charge in [-0.25, -0.2) is 4.79 Å². The van der Waals surface area contributed by atoms with Crippen molar-refractivity contribution in [2.24, 2.45) is 0 Å². The van der Waals surface area contributed by atoms with E-state index in [-0.39, 0.29) is 17.5 Å². The van der Waals surface area contributed by atoms with Gasteiger partial charge in [0.2, 0.25) is 11.7 Å². The van der Waals surface area contributed by atoms with Crippen LogP contribution in [0.4, 0.5) is 5.69 Å². The highest BCUT2D eigenvalue weighted by Gasteiger charge is 2.17. The van der Waals surface area contributed by atoms with Crippen LogP contribution in [0.5, 0.6) is 0 Å². The summed E-state index contributed by atoms with van der Waals surface area (Å²) >= 11 is 1.45. The Labute approximate surface area is 171 Å². The largest absolute Gasteiger partial charge is 0.452 e. The number of esters is 1. The third-order valence-corrected chi connectivity index (χ3v) is 4.70. The molecule has 1 amide bonds. The van der Waals surface area contributed by atoms with E-state index in [0.717, 1.165) is 4.90 Å². The molecule has 2 heterocycles. The molecule has 0 aliphatic heterocycles. The lowest BCUT2D eigenvalue weighted by molar-refractivity contribution is -0.114. The molecule has 2 aromatic heterocycles. The first-order valence-corrected chi connectivity index (χ1v) is 9.91. The quantitative estimate of drug-likeness (QED) is 0.343. The standard InChI is InChI=1S/C20H19N3O5S/c1-13(24)22-16-10-14(4-7-19(16)29-2)17(25)12-27-20(26)18-6-5-15(28-18)11-23-9-3-8-21-23/h3-10H,11-12H2,1-2H3,(H,22,24). The fourth-order valence-electron chi connectivity index (χ4n) is 2.58. The molecule has 1 N–H and O–H groups in total. The van der Waals surface area contributed by atoms with Crippen LogP contribution in [0.25, 0.3) is 0 Å².